The van der Waals surface area contributed by atoms with E-state index in [9.17, 15) is 9.00 Å². The normalized spacial score (nSPS) is 14.3. The predicted molar refractivity (Wildman–Crippen MR) is 70.6 cm³/mol. The molecule has 0 saturated carbocycles. The van der Waals surface area contributed by atoms with E-state index in [1.54, 1.807) is 5.38 Å². The quantitative estimate of drug-likeness (QED) is 0.798. The first-order valence-corrected chi connectivity index (χ1v) is 7.75. The summed E-state index contributed by atoms with van der Waals surface area (Å²) in [6.07, 6.45) is 0. The highest BCUT2D eigenvalue weighted by atomic mass is 32.2. The number of nitrogens with two attached hydrogens (primary N) is 1. The van der Waals surface area contributed by atoms with Crippen LogP contribution < -0.4 is 11.1 Å². The highest BCUT2D eigenvalue weighted by molar-refractivity contribution is 7.84. The minimum atomic E-state index is -0.854. The Morgan fingerprint density at radius 2 is 2.41 bits per heavy atom. The SMILES string of the molecule is CCS(=O)CCNC(=O)c1csc(C(C)N)n1. The van der Waals surface area contributed by atoms with Crippen LogP contribution in [0.15, 0.2) is 5.38 Å². The van der Waals surface area contributed by atoms with Gasteiger partial charge in [0.15, 0.2) is 0 Å². The van der Waals surface area contributed by atoms with Gasteiger partial charge in [0, 0.05) is 34.2 Å². The molecule has 1 aromatic rings. The average Bonchev–Trinajstić information content (AvgIpc) is 2.78. The van der Waals surface area contributed by atoms with Crippen molar-refractivity contribution in [3.05, 3.63) is 16.1 Å². The number of hydrogen-bond acceptors (Lipinski definition) is 5. The van der Waals surface area contributed by atoms with Gasteiger partial charge in [0.05, 0.1) is 6.04 Å². The van der Waals surface area contributed by atoms with Crippen molar-refractivity contribution in [1.82, 2.24) is 10.3 Å². The molecule has 0 aliphatic rings. The number of nitrogens with zero attached hydrogens (tertiary/aromatic N) is 1. The summed E-state index contributed by atoms with van der Waals surface area (Å²) in [5.74, 6) is 0.856. The van der Waals surface area contributed by atoms with Crippen molar-refractivity contribution >= 4 is 28.0 Å². The van der Waals surface area contributed by atoms with Gasteiger partial charge in [-0.1, -0.05) is 6.92 Å². The number of carbonyl (C=O) groups is 1. The maximum absolute atomic E-state index is 11.6. The molecule has 0 spiro atoms. The molecule has 1 heterocycles. The summed E-state index contributed by atoms with van der Waals surface area (Å²) in [4.78, 5) is 15.8. The van der Waals surface area contributed by atoms with Gasteiger partial charge in [-0.15, -0.1) is 11.3 Å². The van der Waals surface area contributed by atoms with Gasteiger partial charge in [0.1, 0.15) is 10.7 Å². The lowest BCUT2D eigenvalue weighted by atomic mass is 10.4. The van der Waals surface area contributed by atoms with Crippen LogP contribution in [0.3, 0.4) is 0 Å². The van der Waals surface area contributed by atoms with Crippen LogP contribution in [0.5, 0.6) is 0 Å². The minimum absolute atomic E-state index is 0.158. The second kappa shape index (κ2) is 6.83. The van der Waals surface area contributed by atoms with E-state index in [2.05, 4.69) is 10.3 Å². The van der Waals surface area contributed by atoms with E-state index in [-0.39, 0.29) is 11.9 Å². The Labute approximate surface area is 107 Å². The molecule has 2 atom stereocenters. The summed E-state index contributed by atoms with van der Waals surface area (Å²) in [7, 11) is -0.854. The van der Waals surface area contributed by atoms with E-state index in [0.29, 0.717) is 23.7 Å². The molecule has 0 fully saturated rings. The predicted octanol–water partition coefficient (Wildman–Crippen LogP) is 0.661. The van der Waals surface area contributed by atoms with E-state index in [0.717, 1.165) is 5.01 Å². The molecule has 0 bridgehead atoms. The Morgan fingerprint density at radius 1 is 1.71 bits per heavy atom. The third-order valence-electron chi connectivity index (χ3n) is 2.08. The van der Waals surface area contributed by atoms with Crippen molar-refractivity contribution in [3.8, 4) is 0 Å². The molecule has 0 aromatic carbocycles. The smallest absolute Gasteiger partial charge is 0.270 e. The zero-order chi connectivity index (χ0) is 12.8. The zero-order valence-corrected chi connectivity index (χ0v) is 11.6. The van der Waals surface area contributed by atoms with Gasteiger partial charge in [0.2, 0.25) is 0 Å². The van der Waals surface area contributed by atoms with Gasteiger partial charge in [-0.3, -0.25) is 9.00 Å². The van der Waals surface area contributed by atoms with Crippen LogP contribution in [-0.4, -0.2) is 33.2 Å². The second-order valence-electron chi connectivity index (χ2n) is 3.55. The van der Waals surface area contributed by atoms with Gasteiger partial charge in [-0.2, -0.15) is 0 Å². The summed E-state index contributed by atoms with van der Waals surface area (Å²) < 4.78 is 11.2. The highest BCUT2D eigenvalue weighted by Crippen LogP contribution is 2.15. The lowest BCUT2D eigenvalue weighted by Gasteiger charge is -2.02. The van der Waals surface area contributed by atoms with Crippen molar-refractivity contribution in [2.45, 2.75) is 19.9 Å². The monoisotopic (exact) mass is 275 g/mol. The summed E-state index contributed by atoms with van der Waals surface area (Å²) in [5.41, 5.74) is 6.04. The highest BCUT2D eigenvalue weighted by Gasteiger charge is 2.12. The minimum Gasteiger partial charge on any atom is -0.350 e. The molecule has 1 aromatic heterocycles. The van der Waals surface area contributed by atoms with Crippen molar-refractivity contribution in [1.29, 1.82) is 0 Å². The third-order valence-corrected chi connectivity index (χ3v) is 4.43. The molecule has 1 amide bonds. The Balaban J connectivity index is 2.44. The lowest BCUT2D eigenvalue weighted by molar-refractivity contribution is 0.0951. The summed E-state index contributed by atoms with van der Waals surface area (Å²) in [6.45, 7) is 4.09. The van der Waals surface area contributed by atoms with Crippen LogP contribution in [0.25, 0.3) is 0 Å². The van der Waals surface area contributed by atoms with Gasteiger partial charge in [-0.25, -0.2) is 4.98 Å². The number of aromatic nitrogens is 1. The largest absolute Gasteiger partial charge is 0.350 e. The van der Waals surface area contributed by atoms with Crippen LogP contribution in [0.4, 0.5) is 0 Å². The zero-order valence-electron chi connectivity index (χ0n) is 9.93. The van der Waals surface area contributed by atoms with Crippen molar-refractivity contribution in [3.63, 3.8) is 0 Å². The van der Waals surface area contributed by atoms with Gasteiger partial charge in [-0.05, 0) is 6.92 Å². The first kappa shape index (κ1) is 14.3. The van der Waals surface area contributed by atoms with Crippen molar-refractivity contribution in [2.24, 2.45) is 5.73 Å². The van der Waals surface area contributed by atoms with Crippen molar-refractivity contribution in [2.75, 3.05) is 18.1 Å². The molecule has 17 heavy (non-hydrogen) atoms. The molecule has 5 nitrogen and oxygen atoms in total. The maximum atomic E-state index is 11.6. The van der Waals surface area contributed by atoms with E-state index < -0.39 is 10.8 Å². The fourth-order valence-electron chi connectivity index (χ4n) is 1.11. The Kier molecular flexibility index (Phi) is 5.73. The fraction of sp³-hybridized carbons (Fsp3) is 0.600. The molecule has 0 aliphatic carbocycles. The lowest BCUT2D eigenvalue weighted by Crippen LogP contribution is -2.28. The maximum Gasteiger partial charge on any atom is 0.270 e. The van der Waals surface area contributed by atoms with Crippen LogP contribution in [0.1, 0.15) is 35.4 Å². The molecule has 1 rings (SSSR count). The molecule has 7 heteroatoms. The fourth-order valence-corrected chi connectivity index (χ4v) is 2.49. The molecule has 0 aliphatic heterocycles. The topological polar surface area (TPSA) is 85.1 Å². The van der Waals surface area contributed by atoms with Crippen molar-refractivity contribution < 1.29 is 9.00 Å². The Morgan fingerprint density at radius 3 is 2.94 bits per heavy atom. The Bertz CT molecular complexity index is 404. The van der Waals surface area contributed by atoms with E-state index in [1.165, 1.54) is 11.3 Å². The van der Waals surface area contributed by atoms with Gasteiger partial charge >= 0.3 is 0 Å². The number of thiazole rings is 1. The summed E-state index contributed by atoms with van der Waals surface area (Å²) in [6, 6.07) is -0.158. The Hall–Kier alpha value is -0.790. The second-order valence-corrected chi connectivity index (χ2v) is 6.30. The van der Waals surface area contributed by atoms with Crippen LogP contribution in [-0.2, 0) is 10.8 Å². The first-order chi connectivity index (χ1) is 8.04. The first-order valence-electron chi connectivity index (χ1n) is 5.38. The number of hydrogen-bond donors (Lipinski definition) is 2. The number of nitrogens with one attached hydrogen (secondary N) is 1. The summed E-state index contributed by atoms with van der Waals surface area (Å²) >= 11 is 1.37. The average molecular weight is 275 g/mol. The standard InChI is InChI=1S/C10H17N3O2S2/c1-3-17(15)5-4-12-9(14)8-6-16-10(13-8)7(2)11/h6-7H,3-5,11H2,1-2H3,(H,12,14). The van der Waals surface area contributed by atoms with Gasteiger partial charge < -0.3 is 11.1 Å². The molecule has 0 saturated heterocycles. The number of amides is 1. The summed E-state index contributed by atoms with van der Waals surface area (Å²) in [5, 5.41) is 5.12. The van der Waals surface area contributed by atoms with E-state index >= 15 is 0 Å². The van der Waals surface area contributed by atoms with E-state index in [4.69, 9.17) is 5.73 Å². The van der Waals surface area contributed by atoms with Crippen LogP contribution >= 0.6 is 11.3 Å². The number of carbonyl (C=O) groups excluding carboxylic acids is 1. The molecule has 3 N–H and O–H groups in total. The number of rotatable bonds is 6. The molecular weight excluding hydrogens is 258 g/mol. The molecule has 96 valence electrons. The third kappa shape index (κ3) is 4.53. The van der Waals surface area contributed by atoms with Crippen LogP contribution in [0.2, 0.25) is 0 Å². The molecule has 2 unspecified atom stereocenters. The van der Waals surface area contributed by atoms with E-state index in [1.807, 2.05) is 13.8 Å². The molecular formula is C10H17N3O2S2. The van der Waals surface area contributed by atoms with Crippen LogP contribution in [0, 0.1) is 0 Å². The molecule has 0 radical (unpaired) electrons. The van der Waals surface area contributed by atoms with Gasteiger partial charge in [0.25, 0.3) is 5.91 Å².